The van der Waals surface area contributed by atoms with Gasteiger partial charge in [0.25, 0.3) is 0 Å². The number of carbonyl (C=O) groups is 3. The fourth-order valence-corrected chi connectivity index (χ4v) is 10.5. The number of urea groups is 2. The average Bonchev–Trinajstić information content (AvgIpc) is 3.06. The summed E-state index contributed by atoms with van der Waals surface area (Å²) in [6.45, 7) is 14.4. The second kappa shape index (κ2) is 14.6. The van der Waals surface area contributed by atoms with Crippen molar-refractivity contribution >= 4 is 18.0 Å². The average molecular weight is 691 g/mol. The van der Waals surface area contributed by atoms with Crippen LogP contribution in [0, 0.1) is 23.7 Å². The van der Waals surface area contributed by atoms with Gasteiger partial charge in [-0.05, 0) is 83.2 Å². The highest BCUT2D eigenvalue weighted by Gasteiger charge is 2.58. The molecule has 13 heteroatoms. The molecule has 3 N–H and O–H groups in total. The lowest BCUT2D eigenvalue weighted by molar-refractivity contribution is -0.137. The van der Waals surface area contributed by atoms with Gasteiger partial charge in [-0.1, -0.05) is 20.4 Å². The van der Waals surface area contributed by atoms with Crippen LogP contribution in [0.3, 0.4) is 0 Å². The zero-order valence-corrected chi connectivity index (χ0v) is 30.4. The largest absolute Gasteiger partial charge is 0.334 e. The number of hydrogen-bond acceptors (Lipinski definition) is 6. The Morgan fingerprint density at radius 3 is 2.43 bits per heavy atom. The van der Waals surface area contributed by atoms with E-state index in [1.807, 2.05) is 28.5 Å². The number of halogens is 2. The van der Waals surface area contributed by atoms with Crippen LogP contribution in [-0.4, -0.2) is 144 Å². The second-order valence-corrected chi connectivity index (χ2v) is 16.3. The Hall–Kier alpha value is -2.51. The lowest BCUT2D eigenvalue weighted by Gasteiger charge is -2.61. The zero-order chi connectivity index (χ0) is 35.3. The minimum atomic E-state index is -1.37. The van der Waals surface area contributed by atoms with Gasteiger partial charge >= 0.3 is 12.1 Å². The van der Waals surface area contributed by atoms with Crippen LogP contribution in [0.1, 0.15) is 72.6 Å². The van der Waals surface area contributed by atoms with Crippen molar-refractivity contribution in [1.29, 1.82) is 0 Å². The normalized spacial score (nSPS) is 41.9. The van der Waals surface area contributed by atoms with Gasteiger partial charge in [0, 0.05) is 75.8 Å². The second-order valence-electron chi connectivity index (χ2n) is 16.3. The Morgan fingerprint density at radius 2 is 1.73 bits per heavy atom. The maximum Gasteiger partial charge on any atom is 0.320 e. The molecule has 0 radical (unpaired) electrons. The number of amides is 5. The van der Waals surface area contributed by atoms with Crippen LogP contribution >= 0.6 is 0 Å². The third kappa shape index (κ3) is 6.68. The van der Waals surface area contributed by atoms with Crippen molar-refractivity contribution in [3.05, 3.63) is 12.7 Å². The SMILES string of the molecule is C=CC(=O)N1C[C@H](C)N(C2NC(=O)N3C4NC(C(F)CC42)C2C(F)CCCC2N(C(=O)N(C)C)CCCC2CCNC(C(C)C)C23)C[C@H]1C. The molecule has 0 spiro atoms. The Bertz CT molecular complexity index is 1240. The van der Waals surface area contributed by atoms with E-state index in [4.69, 9.17) is 0 Å². The van der Waals surface area contributed by atoms with E-state index in [1.165, 1.54) is 6.08 Å². The monoisotopic (exact) mass is 690 g/mol. The molecule has 6 fully saturated rings. The minimum absolute atomic E-state index is 0.0243. The summed E-state index contributed by atoms with van der Waals surface area (Å²) in [5.74, 6) is -0.758. The van der Waals surface area contributed by atoms with Gasteiger partial charge in [0.2, 0.25) is 5.91 Å². The van der Waals surface area contributed by atoms with E-state index in [-0.39, 0.29) is 66.3 Å². The van der Waals surface area contributed by atoms with Crippen molar-refractivity contribution in [3.8, 4) is 0 Å². The number of hydrogen-bond donors (Lipinski definition) is 3. The number of piperidine rings is 2. The van der Waals surface area contributed by atoms with Gasteiger partial charge in [0.1, 0.15) is 12.3 Å². The van der Waals surface area contributed by atoms with Crippen LogP contribution in [0.4, 0.5) is 18.4 Å². The third-order valence-corrected chi connectivity index (χ3v) is 12.8. The van der Waals surface area contributed by atoms with Crippen molar-refractivity contribution < 1.29 is 23.2 Å². The van der Waals surface area contributed by atoms with E-state index in [2.05, 4.69) is 41.3 Å². The molecule has 276 valence electrons. The number of alkyl halides is 2. The summed E-state index contributed by atoms with van der Waals surface area (Å²) in [6.07, 6.45) is 1.94. The number of nitrogens with zero attached hydrogens (tertiary/aromatic N) is 5. The highest BCUT2D eigenvalue weighted by atomic mass is 19.1. The first-order chi connectivity index (χ1) is 23.3. The molecule has 0 aromatic rings. The molecule has 49 heavy (non-hydrogen) atoms. The summed E-state index contributed by atoms with van der Waals surface area (Å²) >= 11 is 0. The summed E-state index contributed by atoms with van der Waals surface area (Å²) in [5.41, 5.74) is 0. The Labute approximate surface area is 291 Å². The van der Waals surface area contributed by atoms with Gasteiger partial charge in [-0.25, -0.2) is 18.4 Å². The first-order valence-corrected chi connectivity index (χ1v) is 18.9. The fraction of sp³-hybridized carbons (Fsp3) is 0.861. The third-order valence-electron chi connectivity index (χ3n) is 12.8. The van der Waals surface area contributed by atoms with Gasteiger partial charge in [0.15, 0.2) is 0 Å². The molecular formula is C36H60F2N8O3. The van der Waals surface area contributed by atoms with E-state index < -0.39 is 42.7 Å². The summed E-state index contributed by atoms with van der Waals surface area (Å²) in [7, 11) is 3.46. The van der Waals surface area contributed by atoms with E-state index in [1.54, 1.807) is 19.0 Å². The number of fused-ring (bicyclic) bond motifs is 5. The molecule has 11 unspecified atom stereocenters. The highest BCUT2D eigenvalue weighted by Crippen LogP contribution is 2.44. The van der Waals surface area contributed by atoms with Crippen LogP contribution in [0.15, 0.2) is 12.7 Å². The number of piperazine rings is 1. The summed E-state index contributed by atoms with van der Waals surface area (Å²) in [6, 6.07) is -1.96. The standard InChI is InChI=1S/C36H60F2N8O3/c1-8-28(47)44-18-22(5)45(19-21(44)4)33-24-17-26(38)31-29-25(37)12-9-13-27(29)43(36(49)42(6)7)16-10-11-23-14-15-39-30(20(2)3)32(23)46(34(24)40-31)35(48)41-33/h8,20-27,29-34,39-40H,1,9-19H2,2-7H3,(H,41,48)/t21-,22+,23?,24?,25?,26?,27?,29?,30?,31?,32?,33?,34?/m1/s1. The smallest absolute Gasteiger partial charge is 0.320 e. The molecule has 1 aliphatic carbocycles. The van der Waals surface area contributed by atoms with Crippen LogP contribution < -0.4 is 16.0 Å². The number of nitrogens with one attached hydrogen (secondary N) is 3. The van der Waals surface area contributed by atoms with E-state index in [0.29, 0.717) is 38.9 Å². The fourth-order valence-electron chi connectivity index (χ4n) is 10.5. The maximum atomic E-state index is 17.0. The van der Waals surface area contributed by atoms with Crippen LogP contribution in [0.25, 0.3) is 0 Å². The van der Waals surface area contributed by atoms with Crippen LogP contribution in [-0.2, 0) is 4.79 Å². The quantitative estimate of drug-likeness (QED) is 0.393. The maximum absolute atomic E-state index is 17.0. The number of rotatable bonds is 3. The molecule has 6 rings (SSSR count). The summed E-state index contributed by atoms with van der Waals surface area (Å²) < 4.78 is 33.3. The predicted molar refractivity (Wildman–Crippen MR) is 185 cm³/mol. The lowest BCUT2D eigenvalue weighted by atomic mass is 9.71. The molecule has 0 aromatic heterocycles. The topological polar surface area (TPSA) is 103 Å². The molecule has 2 bridgehead atoms. The molecule has 5 amide bonds. The molecule has 6 aliphatic rings. The summed E-state index contributed by atoms with van der Waals surface area (Å²) in [4.78, 5) is 50.5. The molecule has 5 saturated heterocycles. The Morgan fingerprint density at radius 1 is 0.980 bits per heavy atom. The van der Waals surface area contributed by atoms with Crippen molar-refractivity contribution in [3.63, 3.8) is 0 Å². The zero-order valence-electron chi connectivity index (χ0n) is 30.4. The first-order valence-electron chi connectivity index (χ1n) is 18.9. The van der Waals surface area contributed by atoms with Crippen LogP contribution in [0.2, 0.25) is 0 Å². The molecule has 11 nitrogen and oxygen atoms in total. The minimum Gasteiger partial charge on any atom is -0.334 e. The van der Waals surface area contributed by atoms with E-state index in [9.17, 15) is 14.4 Å². The summed E-state index contributed by atoms with van der Waals surface area (Å²) in [5, 5.41) is 10.8. The first kappa shape index (κ1) is 36.3. The highest BCUT2D eigenvalue weighted by molar-refractivity contribution is 5.87. The van der Waals surface area contributed by atoms with Crippen LogP contribution in [0.5, 0.6) is 0 Å². The van der Waals surface area contributed by atoms with Gasteiger partial charge in [-0.2, -0.15) is 0 Å². The molecule has 1 saturated carbocycles. The molecule has 13 atom stereocenters. The van der Waals surface area contributed by atoms with Gasteiger partial charge in [0.05, 0.1) is 18.4 Å². The Balaban J connectivity index is 1.42. The predicted octanol–water partition coefficient (Wildman–Crippen LogP) is 3.37. The van der Waals surface area contributed by atoms with Gasteiger partial charge in [-0.3, -0.25) is 15.0 Å². The molecule has 0 aromatic carbocycles. The lowest BCUT2D eigenvalue weighted by Crippen LogP contribution is -2.80. The van der Waals surface area contributed by atoms with Gasteiger partial charge < -0.3 is 30.2 Å². The van der Waals surface area contributed by atoms with Crippen molar-refractivity contribution in [2.45, 2.75) is 134 Å². The van der Waals surface area contributed by atoms with Crippen molar-refractivity contribution in [2.75, 3.05) is 40.3 Å². The van der Waals surface area contributed by atoms with Crippen molar-refractivity contribution in [1.82, 2.24) is 40.4 Å². The van der Waals surface area contributed by atoms with E-state index >= 15 is 8.78 Å². The van der Waals surface area contributed by atoms with E-state index in [0.717, 1.165) is 25.8 Å². The molecule has 5 heterocycles. The Kier molecular flexibility index (Phi) is 10.8. The number of carbonyl (C=O) groups excluding carboxylic acids is 3. The molecule has 5 aliphatic heterocycles. The van der Waals surface area contributed by atoms with Crippen molar-refractivity contribution in [2.24, 2.45) is 23.7 Å². The van der Waals surface area contributed by atoms with Gasteiger partial charge in [-0.15, -0.1) is 0 Å². The molecular weight excluding hydrogens is 630 g/mol.